The summed E-state index contributed by atoms with van der Waals surface area (Å²) in [5, 5.41) is 3.29. The molecule has 0 atom stereocenters. The van der Waals surface area contributed by atoms with E-state index in [1.165, 1.54) is 11.8 Å². The van der Waals surface area contributed by atoms with E-state index in [0.29, 0.717) is 15.6 Å². The van der Waals surface area contributed by atoms with Crippen molar-refractivity contribution in [2.24, 2.45) is 4.99 Å². The minimum absolute atomic E-state index is 0.179. The molecule has 4 rings (SSSR count). The highest BCUT2D eigenvalue weighted by Crippen LogP contribution is 2.41. The molecule has 1 N–H and O–H groups in total. The van der Waals surface area contributed by atoms with Crippen LogP contribution in [0.4, 0.5) is 15.8 Å². The maximum Gasteiger partial charge on any atom is 0.264 e. The summed E-state index contributed by atoms with van der Waals surface area (Å²) < 4.78 is 15.2. The Morgan fingerprint density at radius 1 is 1.22 bits per heavy atom. The van der Waals surface area contributed by atoms with E-state index in [9.17, 15) is 4.79 Å². The summed E-state index contributed by atoms with van der Waals surface area (Å²) in [6.45, 7) is 11.3. The molecular weight excluding hydrogens is 421 g/mol. The van der Waals surface area contributed by atoms with E-state index in [1.807, 2.05) is 37.3 Å². The number of hydrogen-bond acceptors (Lipinski definition) is 4. The second-order valence-electron chi connectivity index (χ2n) is 8.79. The van der Waals surface area contributed by atoms with Crippen molar-refractivity contribution in [3.63, 3.8) is 0 Å². The van der Waals surface area contributed by atoms with Crippen LogP contribution in [0.3, 0.4) is 0 Å². The molecule has 6 heteroatoms. The maximum absolute atomic E-state index is 15.2. The van der Waals surface area contributed by atoms with E-state index in [0.717, 1.165) is 41.0 Å². The first-order valence-electron chi connectivity index (χ1n) is 10.9. The number of amidine groups is 1. The third-order valence-electron chi connectivity index (χ3n) is 5.82. The van der Waals surface area contributed by atoms with Crippen molar-refractivity contribution in [2.75, 3.05) is 11.4 Å². The van der Waals surface area contributed by atoms with E-state index in [-0.39, 0.29) is 17.3 Å². The van der Waals surface area contributed by atoms with Gasteiger partial charge in [-0.3, -0.25) is 4.79 Å². The lowest BCUT2D eigenvalue weighted by atomic mass is 9.87. The van der Waals surface area contributed by atoms with Crippen LogP contribution in [0, 0.1) is 12.7 Å². The molecule has 2 aliphatic rings. The number of nitrogens with one attached hydrogen (secondary N) is 1. The van der Waals surface area contributed by atoms with Gasteiger partial charge in [0, 0.05) is 23.4 Å². The molecule has 0 unspecified atom stereocenters. The molecule has 2 aromatic rings. The molecule has 2 aliphatic heterocycles. The number of halogens is 1. The first kappa shape index (κ1) is 22.3. The fourth-order valence-corrected chi connectivity index (χ4v) is 5.10. The van der Waals surface area contributed by atoms with Crippen molar-refractivity contribution in [3.05, 3.63) is 69.9 Å². The molecular formula is C26H28FN3OS. The minimum atomic E-state index is -0.333. The Kier molecular flexibility index (Phi) is 5.99. The van der Waals surface area contributed by atoms with Gasteiger partial charge < -0.3 is 10.2 Å². The average Bonchev–Trinajstić information content (AvgIpc) is 3.06. The van der Waals surface area contributed by atoms with Gasteiger partial charge in [0.05, 0.1) is 16.1 Å². The smallest absolute Gasteiger partial charge is 0.264 e. The predicted molar refractivity (Wildman–Crippen MR) is 134 cm³/mol. The standard InChI is InChI=1S/C26H28FN3OS/c1-6-11-30-22-14-20(27)18(12-19(22)17(3)15-26(30,4)5)13-23-24(31)29-25(32-23)28-21-10-8-7-9-16(21)2/h7-10,12-15H,6,11H2,1-5H3,(H,28,29,31)/b23-13+. The fraction of sp³-hybridized carbons (Fsp3) is 0.308. The number of carbonyl (C=O) groups is 1. The van der Waals surface area contributed by atoms with Crippen molar-refractivity contribution >= 4 is 45.9 Å². The number of anilines is 1. The molecule has 1 saturated heterocycles. The Balaban J connectivity index is 1.69. The molecule has 1 fully saturated rings. The van der Waals surface area contributed by atoms with E-state index < -0.39 is 0 Å². The molecule has 0 aliphatic carbocycles. The van der Waals surface area contributed by atoms with E-state index in [1.54, 1.807) is 12.1 Å². The van der Waals surface area contributed by atoms with Crippen molar-refractivity contribution < 1.29 is 9.18 Å². The predicted octanol–water partition coefficient (Wildman–Crippen LogP) is 6.44. The van der Waals surface area contributed by atoms with Crippen molar-refractivity contribution in [1.82, 2.24) is 5.32 Å². The van der Waals surface area contributed by atoms with Gasteiger partial charge in [0.25, 0.3) is 5.91 Å². The second kappa shape index (κ2) is 8.58. The van der Waals surface area contributed by atoms with Gasteiger partial charge >= 0.3 is 0 Å². The Morgan fingerprint density at radius 2 is 1.97 bits per heavy atom. The zero-order valence-corrected chi connectivity index (χ0v) is 19.9. The number of aliphatic imine (C=N–C) groups is 1. The normalized spacial score (nSPS) is 19.9. The Hall–Kier alpha value is -2.86. The Bertz CT molecular complexity index is 1180. The van der Waals surface area contributed by atoms with Gasteiger partial charge in [0.2, 0.25) is 0 Å². The first-order valence-corrected chi connectivity index (χ1v) is 11.7. The minimum Gasteiger partial charge on any atom is -0.362 e. The number of aryl methyl sites for hydroxylation is 1. The van der Waals surface area contributed by atoms with Gasteiger partial charge in [-0.25, -0.2) is 9.38 Å². The molecule has 0 saturated carbocycles. The zero-order valence-electron chi connectivity index (χ0n) is 19.1. The van der Waals surface area contributed by atoms with E-state index in [4.69, 9.17) is 0 Å². The molecule has 4 nitrogen and oxygen atoms in total. The van der Waals surface area contributed by atoms with Crippen LogP contribution in [0.5, 0.6) is 0 Å². The highest BCUT2D eigenvalue weighted by atomic mass is 32.2. The quantitative estimate of drug-likeness (QED) is 0.547. The lowest BCUT2D eigenvalue weighted by molar-refractivity contribution is -0.115. The zero-order chi connectivity index (χ0) is 23.0. The van der Waals surface area contributed by atoms with Crippen LogP contribution in [0.1, 0.15) is 50.8 Å². The lowest BCUT2D eigenvalue weighted by Crippen LogP contribution is -2.45. The van der Waals surface area contributed by atoms with Gasteiger partial charge in [-0.05, 0) is 81.3 Å². The molecule has 32 heavy (non-hydrogen) atoms. The van der Waals surface area contributed by atoms with Crippen LogP contribution >= 0.6 is 11.8 Å². The number of thioether (sulfide) groups is 1. The van der Waals surface area contributed by atoms with Crippen molar-refractivity contribution in [2.45, 2.75) is 46.6 Å². The van der Waals surface area contributed by atoms with Crippen LogP contribution in [-0.2, 0) is 4.79 Å². The highest BCUT2D eigenvalue weighted by molar-refractivity contribution is 8.18. The highest BCUT2D eigenvalue weighted by Gasteiger charge is 2.32. The van der Waals surface area contributed by atoms with Gasteiger partial charge in [0.15, 0.2) is 5.17 Å². The number of hydrogen-bond donors (Lipinski definition) is 1. The summed E-state index contributed by atoms with van der Waals surface area (Å²) in [5.74, 6) is -0.596. The number of carbonyl (C=O) groups excluding carboxylic acids is 1. The average molecular weight is 450 g/mol. The van der Waals surface area contributed by atoms with E-state index >= 15 is 4.39 Å². The molecule has 166 valence electrons. The topological polar surface area (TPSA) is 44.7 Å². The summed E-state index contributed by atoms with van der Waals surface area (Å²) in [7, 11) is 0. The molecule has 0 aromatic heterocycles. The van der Waals surface area contributed by atoms with Crippen LogP contribution in [0.25, 0.3) is 11.6 Å². The Morgan fingerprint density at radius 3 is 2.69 bits per heavy atom. The summed E-state index contributed by atoms with van der Waals surface area (Å²) >= 11 is 1.23. The van der Waals surface area contributed by atoms with Gasteiger partial charge in [-0.15, -0.1) is 0 Å². The van der Waals surface area contributed by atoms with Crippen molar-refractivity contribution in [1.29, 1.82) is 0 Å². The summed E-state index contributed by atoms with van der Waals surface area (Å²) in [6, 6.07) is 11.2. The van der Waals surface area contributed by atoms with Crippen LogP contribution < -0.4 is 10.2 Å². The monoisotopic (exact) mass is 449 g/mol. The molecule has 0 radical (unpaired) electrons. The Labute approximate surface area is 193 Å². The number of fused-ring (bicyclic) bond motifs is 1. The molecule has 0 spiro atoms. The number of benzene rings is 2. The number of allylic oxidation sites excluding steroid dienone is 1. The number of para-hydroxylation sites is 1. The largest absolute Gasteiger partial charge is 0.362 e. The number of nitrogens with zero attached hydrogens (tertiary/aromatic N) is 2. The third kappa shape index (κ3) is 4.24. The molecule has 2 aromatic carbocycles. The molecule has 2 heterocycles. The van der Waals surface area contributed by atoms with Gasteiger partial charge in [0.1, 0.15) is 5.82 Å². The third-order valence-corrected chi connectivity index (χ3v) is 6.73. The number of rotatable bonds is 4. The van der Waals surface area contributed by atoms with E-state index in [2.05, 4.69) is 49.0 Å². The van der Waals surface area contributed by atoms with Gasteiger partial charge in [-0.1, -0.05) is 31.2 Å². The van der Waals surface area contributed by atoms with Crippen molar-refractivity contribution in [3.8, 4) is 0 Å². The first-order chi connectivity index (χ1) is 15.2. The molecule has 0 bridgehead atoms. The fourth-order valence-electron chi connectivity index (χ4n) is 4.28. The summed E-state index contributed by atoms with van der Waals surface area (Å²) in [5.41, 5.74) is 5.07. The second-order valence-corrected chi connectivity index (χ2v) is 9.82. The molecule has 1 amide bonds. The lowest BCUT2D eigenvalue weighted by Gasteiger charge is -2.43. The SMILES string of the molecule is CCCN1c2cc(F)c(/C=C3/SC(=Nc4ccccc4C)NC3=O)cc2C(C)=CC1(C)C. The van der Waals surface area contributed by atoms with Crippen LogP contribution in [0.2, 0.25) is 0 Å². The summed E-state index contributed by atoms with van der Waals surface area (Å²) in [6.07, 6.45) is 4.82. The maximum atomic E-state index is 15.2. The van der Waals surface area contributed by atoms with Crippen LogP contribution in [0.15, 0.2) is 52.4 Å². The van der Waals surface area contributed by atoms with Gasteiger partial charge in [-0.2, -0.15) is 0 Å². The summed E-state index contributed by atoms with van der Waals surface area (Å²) in [4.78, 5) is 19.8. The van der Waals surface area contributed by atoms with Crippen LogP contribution in [-0.4, -0.2) is 23.2 Å². The number of amides is 1.